The zero-order valence-electron chi connectivity index (χ0n) is 15.5. The Labute approximate surface area is 181 Å². The number of carbonyl (C=O) groups is 1. The molecule has 0 bridgehead atoms. The largest absolute Gasteiger partial charge is 0.420 e. The normalized spacial score (nSPS) is 14.5. The molecule has 0 spiro atoms. The van der Waals surface area contributed by atoms with Gasteiger partial charge in [0.25, 0.3) is 5.91 Å². The van der Waals surface area contributed by atoms with Crippen molar-refractivity contribution in [1.29, 1.82) is 0 Å². The van der Waals surface area contributed by atoms with E-state index in [1.54, 1.807) is 6.20 Å². The van der Waals surface area contributed by atoms with E-state index in [0.29, 0.717) is 18.7 Å². The van der Waals surface area contributed by atoms with Crippen molar-refractivity contribution in [2.24, 2.45) is 0 Å². The standard InChI is InChI=1S/C19H12ClF3N6OS/c20-16-15(18(30)28-4-2-10(8-28)14-1-3-26-31-14)27-17-13(19(21,22)23)5-11(9-29(16)17)12-6-24-25-7-12/h1-3,5-7,9H,4,8H2,(H,24,25). The van der Waals surface area contributed by atoms with E-state index in [4.69, 9.17) is 11.6 Å². The van der Waals surface area contributed by atoms with Crippen LogP contribution >= 0.6 is 23.1 Å². The lowest BCUT2D eigenvalue weighted by Crippen LogP contribution is -2.29. The lowest BCUT2D eigenvalue weighted by Gasteiger charge is -2.14. The van der Waals surface area contributed by atoms with E-state index in [1.165, 1.54) is 35.0 Å². The second kappa shape index (κ2) is 7.20. The first-order valence-electron chi connectivity index (χ1n) is 9.00. The molecule has 4 aromatic heterocycles. The number of rotatable bonds is 3. The van der Waals surface area contributed by atoms with E-state index in [-0.39, 0.29) is 16.4 Å². The number of alkyl halides is 3. The van der Waals surface area contributed by atoms with Gasteiger partial charge in [-0.2, -0.15) is 18.3 Å². The van der Waals surface area contributed by atoms with Crippen molar-refractivity contribution in [3.05, 3.63) is 64.3 Å². The van der Waals surface area contributed by atoms with Gasteiger partial charge in [0.2, 0.25) is 0 Å². The minimum Gasteiger partial charge on any atom is -0.329 e. The summed E-state index contributed by atoms with van der Waals surface area (Å²) >= 11 is 7.67. The summed E-state index contributed by atoms with van der Waals surface area (Å²) in [6.45, 7) is 0.611. The van der Waals surface area contributed by atoms with Gasteiger partial charge in [0.1, 0.15) is 5.15 Å². The van der Waals surface area contributed by atoms with Crippen LogP contribution in [0.2, 0.25) is 5.15 Å². The Morgan fingerprint density at radius 2 is 2.13 bits per heavy atom. The van der Waals surface area contributed by atoms with Crippen molar-refractivity contribution < 1.29 is 18.0 Å². The number of halogens is 4. The maximum Gasteiger partial charge on any atom is 0.420 e. The second-order valence-electron chi connectivity index (χ2n) is 6.86. The highest BCUT2D eigenvalue weighted by atomic mass is 35.5. The third-order valence-electron chi connectivity index (χ3n) is 4.96. The van der Waals surface area contributed by atoms with Gasteiger partial charge in [0, 0.05) is 42.8 Å². The van der Waals surface area contributed by atoms with Crippen LogP contribution in [-0.2, 0) is 6.18 Å². The number of aromatic amines is 1. The summed E-state index contributed by atoms with van der Waals surface area (Å²) in [6.07, 6.45) is 3.13. The zero-order valence-corrected chi connectivity index (χ0v) is 17.1. The van der Waals surface area contributed by atoms with Gasteiger partial charge in [-0.15, -0.1) is 0 Å². The molecule has 0 atom stereocenters. The van der Waals surface area contributed by atoms with Gasteiger partial charge in [0.15, 0.2) is 11.3 Å². The minimum atomic E-state index is -4.69. The van der Waals surface area contributed by atoms with E-state index in [1.807, 2.05) is 12.1 Å². The molecule has 7 nitrogen and oxygen atoms in total. The number of pyridine rings is 1. The summed E-state index contributed by atoms with van der Waals surface area (Å²) < 4.78 is 46.4. The zero-order chi connectivity index (χ0) is 21.8. The summed E-state index contributed by atoms with van der Waals surface area (Å²) in [7, 11) is 0. The quantitative estimate of drug-likeness (QED) is 0.487. The molecule has 4 aromatic rings. The molecule has 0 fully saturated rings. The smallest absolute Gasteiger partial charge is 0.329 e. The van der Waals surface area contributed by atoms with Gasteiger partial charge in [-0.05, 0) is 29.2 Å². The molecule has 0 saturated carbocycles. The fourth-order valence-electron chi connectivity index (χ4n) is 3.45. The number of nitrogens with one attached hydrogen (secondary N) is 1. The molecule has 1 aliphatic rings. The number of aromatic nitrogens is 5. The maximum absolute atomic E-state index is 13.8. The molecule has 0 aliphatic carbocycles. The number of amides is 1. The van der Waals surface area contributed by atoms with Gasteiger partial charge in [-0.1, -0.05) is 17.7 Å². The molecule has 0 unspecified atom stereocenters. The van der Waals surface area contributed by atoms with Crippen LogP contribution < -0.4 is 0 Å². The Morgan fingerprint density at radius 3 is 2.81 bits per heavy atom. The molecule has 5 rings (SSSR count). The van der Waals surface area contributed by atoms with Crippen LogP contribution in [0.25, 0.3) is 22.3 Å². The molecule has 1 amide bonds. The lowest BCUT2D eigenvalue weighted by molar-refractivity contribution is -0.136. The van der Waals surface area contributed by atoms with Crippen LogP contribution in [-0.4, -0.2) is 47.9 Å². The van der Waals surface area contributed by atoms with Crippen LogP contribution in [0, 0.1) is 0 Å². The molecule has 0 saturated heterocycles. The number of nitrogens with zero attached hydrogens (tertiary/aromatic N) is 5. The first-order chi connectivity index (χ1) is 14.8. The summed E-state index contributed by atoms with van der Waals surface area (Å²) in [5.41, 5.74) is -0.0328. The van der Waals surface area contributed by atoms with Crippen LogP contribution in [0.3, 0.4) is 0 Å². The van der Waals surface area contributed by atoms with Crippen molar-refractivity contribution in [1.82, 2.24) is 28.9 Å². The monoisotopic (exact) mass is 464 g/mol. The lowest BCUT2D eigenvalue weighted by atomic mass is 10.1. The highest BCUT2D eigenvalue weighted by Crippen LogP contribution is 2.37. The SMILES string of the molecule is O=C(c1nc2c(C(F)(F)F)cc(-c3cn[nH]c3)cn2c1Cl)N1CC=C(c2ccns2)C1. The number of hydrogen-bond acceptors (Lipinski definition) is 5. The number of fused-ring (bicyclic) bond motifs is 1. The Bertz CT molecular complexity index is 1310. The average molecular weight is 465 g/mol. The van der Waals surface area contributed by atoms with Crippen LogP contribution in [0.15, 0.2) is 43.0 Å². The molecule has 158 valence electrons. The van der Waals surface area contributed by atoms with Crippen molar-refractivity contribution >= 4 is 40.3 Å². The summed E-state index contributed by atoms with van der Waals surface area (Å²) in [5.74, 6) is -0.539. The molecule has 31 heavy (non-hydrogen) atoms. The Balaban J connectivity index is 1.56. The van der Waals surface area contributed by atoms with Gasteiger partial charge in [-0.25, -0.2) is 9.36 Å². The summed E-state index contributed by atoms with van der Waals surface area (Å²) in [5, 5.41) is 6.16. The van der Waals surface area contributed by atoms with Crippen molar-refractivity contribution in [3.8, 4) is 11.1 Å². The van der Waals surface area contributed by atoms with E-state index >= 15 is 0 Å². The molecule has 12 heteroatoms. The second-order valence-corrected chi connectivity index (χ2v) is 8.05. The fourth-order valence-corrected chi connectivity index (χ4v) is 4.32. The number of imidazole rings is 1. The van der Waals surface area contributed by atoms with E-state index in [0.717, 1.165) is 20.9 Å². The molecule has 1 N–H and O–H groups in total. The Kier molecular flexibility index (Phi) is 4.59. The third-order valence-corrected chi connectivity index (χ3v) is 6.15. The van der Waals surface area contributed by atoms with Crippen LogP contribution in [0.4, 0.5) is 13.2 Å². The number of carbonyl (C=O) groups excluding carboxylic acids is 1. The first-order valence-corrected chi connectivity index (χ1v) is 10.2. The minimum absolute atomic E-state index is 0.179. The predicted octanol–water partition coefficient (Wildman–Crippen LogP) is 4.39. The highest BCUT2D eigenvalue weighted by Gasteiger charge is 2.37. The van der Waals surface area contributed by atoms with Crippen LogP contribution in [0.1, 0.15) is 20.9 Å². The first kappa shape index (κ1) is 19.8. The number of H-pyrrole nitrogens is 1. The van der Waals surface area contributed by atoms with Gasteiger partial charge >= 0.3 is 6.18 Å². The topological polar surface area (TPSA) is 79.2 Å². The molecule has 1 aliphatic heterocycles. The summed E-state index contributed by atoms with van der Waals surface area (Å²) in [6, 6.07) is 2.81. The fraction of sp³-hybridized carbons (Fsp3) is 0.158. The molecular formula is C19H12ClF3N6OS. The van der Waals surface area contributed by atoms with Crippen molar-refractivity contribution in [2.75, 3.05) is 13.1 Å². The summed E-state index contributed by atoms with van der Waals surface area (Å²) in [4.78, 5) is 19.5. The highest BCUT2D eigenvalue weighted by molar-refractivity contribution is 7.07. The van der Waals surface area contributed by atoms with Crippen molar-refractivity contribution in [3.63, 3.8) is 0 Å². The van der Waals surface area contributed by atoms with E-state index in [2.05, 4.69) is 19.6 Å². The average Bonchev–Trinajstić information content (AvgIpc) is 3.53. The van der Waals surface area contributed by atoms with Gasteiger partial charge < -0.3 is 4.90 Å². The van der Waals surface area contributed by atoms with Gasteiger partial charge in [-0.3, -0.25) is 14.3 Å². The van der Waals surface area contributed by atoms with Crippen LogP contribution in [0.5, 0.6) is 0 Å². The maximum atomic E-state index is 13.8. The van der Waals surface area contributed by atoms with E-state index < -0.39 is 23.3 Å². The third kappa shape index (κ3) is 3.39. The predicted molar refractivity (Wildman–Crippen MR) is 109 cm³/mol. The number of hydrogen-bond donors (Lipinski definition) is 1. The Morgan fingerprint density at radius 1 is 1.29 bits per heavy atom. The van der Waals surface area contributed by atoms with Gasteiger partial charge in [0.05, 0.1) is 16.6 Å². The molecular weight excluding hydrogens is 453 g/mol. The molecule has 5 heterocycles. The van der Waals surface area contributed by atoms with Crippen molar-refractivity contribution in [2.45, 2.75) is 6.18 Å². The van der Waals surface area contributed by atoms with E-state index in [9.17, 15) is 18.0 Å². The molecule has 0 radical (unpaired) electrons. The Hall–Kier alpha value is -3.18. The molecule has 0 aromatic carbocycles.